The molecule has 0 saturated carbocycles. The minimum Gasteiger partial charge on any atom is -0.263 e. The molecule has 0 saturated heterocycles. The molecule has 2 nitrogen and oxygen atoms in total. The number of aryl methyl sites for hydroxylation is 1. The van der Waals surface area contributed by atoms with E-state index < -0.39 is 0 Å². The molecule has 2 aromatic rings. The summed E-state index contributed by atoms with van der Waals surface area (Å²) in [6.45, 7) is 1.99. The maximum absolute atomic E-state index is 4.17. The zero-order chi connectivity index (χ0) is 9.97. The van der Waals surface area contributed by atoms with Gasteiger partial charge in [-0.3, -0.25) is 9.97 Å². The van der Waals surface area contributed by atoms with Crippen LogP contribution in [0.3, 0.4) is 0 Å². The molecule has 2 heterocycles. The zero-order valence-corrected chi connectivity index (χ0v) is 9.89. The Balaban J connectivity index is 2.49. The smallest absolute Gasteiger partial charge is 0.0401 e. The SMILES string of the molecule is Cc1cc(-c2cncc(I)c2)ccn1. The van der Waals surface area contributed by atoms with Crippen molar-refractivity contribution in [1.82, 2.24) is 9.97 Å². The lowest BCUT2D eigenvalue weighted by Crippen LogP contribution is -1.85. The zero-order valence-electron chi connectivity index (χ0n) is 7.74. The van der Waals surface area contributed by atoms with Gasteiger partial charge in [0.25, 0.3) is 0 Å². The average Bonchev–Trinajstić information content (AvgIpc) is 2.18. The molecule has 3 heteroatoms. The first-order valence-corrected chi connectivity index (χ1v) is 5.37. The van der Waals surface area contributed by atoms with Crippen LogP contribution in [0.4, 0.5) is 0 Å². The number of hydrogen-bond acceptors (Lipinski definition) is 2. The second kappa shape index (κ2) is 4.04. The Hall–Kier alpha value is -0.970. The van der Waals surface area contributed by atoms with E-state index in [2.05, 4.69) is 44.7 Å². The molecular weight excluding hydrogens is 287 g/mol. The van der Waals surface area contributed by atoms with Crippen LogP contribution in [-0.4, -0.2) is 9.97 Å². The molecule has 70 valence electrons. The maximum Gasteiger partial charge on any atom is 0.0401 e. The molecule has 0 fully saturated rings. The Morgan fingerprint density at radius 2 is 2.00 bits per heavy atom. The normalized spacial score (nSPS) is 10.1. The quantitative estimate of drug-likeness (QED) is 0.756. The third kappa shape index (κ3) is 2.09. The van der Waals surface area contributed by atoms with Crippen molar-refractivity contribution in [2.45, 2.75) is 6.92 Å². The van der Waals surface area contributed by atoms with Gasteiger partial charge in [0.2, 0.25) is 0 Å². The van der Waals surface area contributed by atoms with Crippen LogP contribution in [0.25, 0.3) is 11.1 Å². The fourth-order valence-corrected chi connectivity index (χ4v) is 1.79. The molecule has 14 heavy (non-hydrogen) atoms. The second-order valence-corrected chi connectivity index (χ2v) is 4.32. The van der Waals surface area contributed by atoms with Crippen molar-refractivity contribution in [3.05, 3.63) is 46.1 Å². The average molecular weight is 296 g/mol. The summed E-state index contributed by atoms with van der Waals surface area (Å²) in [6, 6.07) is 6.18. The van der Waals surface area contributed by atoms with Crippen molar-refractivity contribution < 1.29 is 0 Å². The summed E-state index contributed by atoms with van der Waals surface area (Å²) in [5, 5.41) is 0. The van der Waals surface area contributed by atoms with Gasteiger partial charge in [-0.15, -0.1) is 0 Å². The van der Waals surface area contributed by atoms with Crippen molar-refractivity contribution >= 4 is 22.6 Å². The second-order valence-electron chi connectivity index (χ2n) is 3.08. The molecule has 0 unspecified atom stereocenters. The van der Waals surface area contributed by atoms with Crippen LogP contribution in [0.1, 0.15) is 5.69 Å². The van der Waals surface area contributed by atoms with E-state index in [9.17, 15) is 0 Å². The van der Waals surface area contributed by atoms with E-state index in [1.54, 1.807) is 0 Å². The molecule has 0 aliphatic rings. The van der Waals surface area contributed by atoms with Crippen molar-refractivity contribution in [1.29, 1.82) is 0 Å². The highest BCUT2D eigenvalue weighted by molar-refractivity contribution is 14.1. The van der Waals surface area contributed by atoms with Gasteiger partial charge in [-0.1, -0.05) is 0 Å². The van der Waals surface area contributed by atoms with Crippen LogP contribution in [0.15, 0.2) is 36.8 Å². The Labute approximate surface area is 96.6 Å². The first-order valence-electron chi connectivity index (χ1n) is 4.29. The van der Waals surface area contributed by atoms with Crippen LogP contribution in [-0.2, 0) is 0 Å². The molecule has 0 spiro atoms. The van der Waals surface area contributed by atoms with Gasteiger partial charge in [0.1, 0.15) is 0 Å². The molecule has 0 aliphatic carbocycles. The number of hydrogen-bond donors (Lipinski definition) is 0. The van der Waals surface area contributed by atoms with Gasteiger partial charge < -0.3 is 0 Å². The molecule has 2 aromatic heterocycles. The molecule has 0 N–H and O–H groups in total. The monoisotopic (exact) mass is 296 g/mol. The van der Waals surface area contributed by atoms with Crippen molar-refractivity contribution in [2.75, 3.05) is 0 Å². The van der Waals surface area contributed by atoms with Crippen LogP contribution in [0.2, 0.25) is 0 Å². The van der Waals surface area contributed by atoms with Crippen molar-refractivity contribution in [2.24, 2.45) is 0 Å². The lowest BCUT2D eigenvalue weighted by atomic mass is 10.1. The summed E-state index contributed by atoms with van der Waals surface area (Å²) >= 11 is 2.26. The molecule has 0 amide bonds. The minimum absolute atomic E-state index is 1.03. The van der Waals surface area contributed by atoms with E-state index in [-0.39, 0.29) is 0 Å². The molecular formula is C11H9IN2. The van der Waals surface area contributed by atoms with Gasteiger partial charge in [-0.2, -0.15) is 0 Å². The standard InChI is InChI=1S/C11H9IN2/c1-8-4-9(2-3-14-8)10-5-11(12)7-13-6-10/h2-7H,1H3. The molecule has 0 radical (unpaired) electrons. The third-order valence-electron chi connectivity index (χ3n) is 1.93. The number of rotatable bonds is 1. The fraction of sp³-hybridized carbons (Fsp3) is 0.0909. The first kappa shape index (κ1) is 9.58. The highest BCUT2D eigenvalue weighted by atomic mass is 127. The Bertz CT molecular complexity index is 411. The van der Waals surface area contributed by atoms with Gasteiger partial charge in [0.05, 0.1) is 0 Å². The van der Waals surface area contributed by atoms with E-state index >= 15 is 0 Å². The van der Waals surface area contributed by atoms with Gasteiger partial charge in [0, 0.05) is 33.4 Å². The summed E-state index contributed by atoms with van der Waals surface area (Å²) in [4.78, 5) is 8.33. The largest absolute Gasteiger partial charge is 0.263 e. The van der Waals surface area contributed by atoms with Crippen molar-refractivity contribution in [3.63, 3.8) is 0 Å². The predicted molar refractivity (Wildman–Crippen MR) is 64.9 cm³/mol. The summed E-state index contributed by atoms with van der Waals surface area (Å²) in [6.07, 6.45) is 5.54. The first-order chi connectivity index (χ1) is 6.75. The number of halogens is 1. The van der Waals surface area contributed by atoms with Gasteiger partial charge in [0.15, 0.2) is 0 Å². The van der Waals surface area contributed by atoms with E-state index in [4.69, 9.17) is 0 Å². The van der Waals surface area contributed by atoms with Crippen LogP contribution in [0.5, 0.6) is 0 Å². The third-order valence-corrected chi connectivity index (χ3v) is 2.52. The summed E-state index contributed by atoms with van der Waals surface area (Å²) < 4.78 is 1.15. The van der Waals surface area contributed by atoms with E-state index in [0.717, 1.165) is 14.8 Å². The summed E-state index contributed by atoms with van der Waals surface area (Å²) in [7, 11) is 0. The topological polar surface area (TPSA) is 25.8 Å². The van der Waals surface area contributed by atoms with Crippen LogP contribution >= 0.6 is 22.6 Å². The summed E-state index contributed by atoms with van der Waals surface area (Å²) in [5.41, 5.74) is 3.34. The number of nitrogens with zero attached hydrogens (tertiary/aromatic N) is 2. The van der Waals surface area contributed by atoms with Crippen molar-refractivity contribution in [3.8, 4) is 11.1 Å². The number of pyridine rings is 2. The minimum atomic E-state index is 1.03. The lowest BCUT2D eigenvalue weighted by Gasteiger charge is -2.01. The highest BCUT2D eigenvalue weighted by Gasteiger charge is 1.98. The Morgan fingerprint density at radius 1 is 1.14 bits per heavy atom. The summed E-state index contributed by atoms with van der Waals surface area (Å²) in [5.74, 6) is 0. The molecule has 0 aliphatic heterocycles. The lowest BCUT2D eigenvalue weighted by molar-refractivity contribution is 1.20. The van der Waals surface area contributed by atoms with Crippen LogP contribution < -0.4 is 0 Å². The molecule has 0 atom stereocenters. The molecule has 0 bridgehead atoms. The molecule has 0 aromatic carbocycles. The van der Waals surface area contributed by atoms with Gasteiger partial charge in [-0.25, -0.2) is 0 Å². The predicted octanol–water partition coefficient (Wildman–Crippen LogP) is 3.06. The highest BCUT2D eigenvalue weighted by Crippen LogP contribution is 2.19. The van der Waals surface area contributed by atoms with E-state index in [1.165, 1.54) is 5.56 Å². The van der Waals surface area contributed by atoms with Gasteiger partial charge in [-0.05, 0) is 53.3 Å². The van der Waals surface area contributed by atoms with Gasteiger partial charge >= 0.3 is 0 Å². The van der Waals surface area contributed by atoms with E-state index in [0.29, 0.717) is 0 Å². The molecule has 2 rings (SSSR count). The van der Waals surface area contributed by atoms with E-state index in [1.807, 2.05) is 31.6 Å². The number of aromatic nitrogens is 2. The maximum atomic E-state index is 4.17. The van der Waals surface area contributed by atoms with Crippen LogP contribution in [0, 0.1) is 10.5 Å². The fourth-order valence-electron chi connectivity index (χ4n) is 1.29. The Kier molecular flexibility index (Phi) is 2.77. The Morgan fingerprint density at radius 3 is 2.71 bits per heavy atom.